The first-order chi connectivity index (χ1) is 6.72. The number of hydrogen-bond acceptors (Lipinski definition) is 1. The fraction of sp³-hybridized carbons (Fsp3) is 0.846. The second-order valence-corrected chi connectivity index (χ2v) is 4.79. The summed E-state index contributed by atoms with van der Waals surface area (Å²) >= 11 is 0. The molecule has 1 aliphatic carbocycles. The molecule has 82 valence electrons. The molecule has 14 heavy (non-hydrogen) atoms. The predicted molar refractivity (Wildman–Crippen MR) is 63.5 cm³/mol. The Kier molecular flexibility index (Phi) is 5.24. The van der Waals surface area contributed by atoms with E-state index in [2.05, 4.69) is 25.7 Å². The van der Waals surface area contributed by atoms with Crippen molar-refractivity contribution in [2.45, 2.75) is 58.4 Å². The molecule has 0 unspecified atom stereocenters. The molecule has 1 fully saturated rings. The second kappa shape index (κ2) is 6.23. The van der Waals surface area contributed by atoms with Gasteiger partial charge in [-0.3, -0.25) is 0 Å². The van der Waals surface area contributed by atoms with Gasteiger partial charge in [-0.15, -0.1) is 6.58 Å². The van der Waals surface area contributed by atoms with Gasteiger partial charge in [-0.2, -0.15) is 0 Å². The lowest BCUT2D eigenvalue weighted by Crippen LogP contribution is -2.33. The molecule has 1 N–H and O–H groups in total. The van der Waals surface area contributed by atoms with E-state index < -0.39 is 0 Å². The monoisotopic (exact) mass is 195 g/mol. The van der Waals surface area contributed by atoms with Crippen LogP contribution in [0.1, 0.15) is 52.4 Å². The Balaban J connectivity index is 2.07. The van der Waals surface area contributed by atoms with E-state index in [1.54, 1.807) is 0 Å². The van der Waals surface area contributed by atoms with Crippen LogP contribution in [0.25, 0.3) is 0 Å². The lowest BCUT2D eigenvalue weighted by molar-refractivity contribution is 0.287. The van der Waals surface area contributed by atoms with Crippen LogP contribution in [0.3, 0.4) is 0 Å². The van der Waals surface area contributed by atoms with E-state index in [4.69, 9.17) is 0 Å². The topological polar surface area (TPSA) is 12.0 Å². The van der Waals surface area contributed by atoms with E-state index in [9.17, 15) is 0 Å². The van der Waals surface area contributed by atoms with Crippen molar-refractivity contribution in [3.63, 3.8) is 0 Å². The molecule has 1 aliphatic rings. The second-order valence-electron chi connectivity index (χ2n) is 4.79. The summed E-state index contributed by atoms with van der Waals surface area (Å²) in [5.74, 6) is 1.01. The predicted octanol–water partition coefficient (Wildman–Crippen LogP) is 3.51. The first-order valence-corrected chi connectivity index (χ1v) is 6.10. The maximum absolute atomic E-state index is 3.92. The number of rotatable bonds is 5. The highest BCUT2D eigenvalue weighted by atomic mass is 14.9. The maximum atomic E-state index is 3.92. The Labute approximate surface area is 89.0 Å². The van der Waals surface area contributed by atoms with E-state index in [-0.39, 0.29) is 0 Å². The van der Waals surface area contributed by atoms with E-state index in [1.165, 1.54) is 37.7 Å². The van der Waals surface area contributed by atoms with E-state index in [0.29, 0.717) is 0 Å². The first kappa shape index (κ1) is 11.8. The van der Waals surface area contributed by atoms with Gasteiger partial charge >= 0.3 is 0 Å². The molecule has 1 heteroatoms. The van der Waals surface area contributed by atoms with Crippen LogP contribution in [0.4, 0.5) is 0 Å². The maximum Gasteiger partial charge on any atom is 0.00673 e. The molecule has 0 atom stereocenters. The Morgan fingerprint density at radius 1 is 1.29 bits per heavy atom. The molecule has 1 rings (SSSR count). The molecule has 0 bridgehead atoms. The first-order valence-electron chi connectivity index (χ1n) is 6.10. The van der Waals surface area contributed by atoms with Gasteiger partial charge in [0, 0.05) is 6.04 Å². The highest BCUT2D eigenvalue weighted by molar-refractivity contribution is 4.89. The third-order valence-electron chi connectivity index (χ3n) is 3.41. The van der Waals surface area contributed by atoms with Gasteiger partial charge in [0.25, 0.3) is 0 Å². The van der Waals surface area contributed by atoms with Gasteiger partial charge in [0.1, 0.15) is 0 Å². The summed E-state index contributed by atoms with van der Waals surface area (Å²) in [6.07, 6.45) is 8.14. The molecule has 0 heterocycles. The minimum atomic E-state index is 0.789. The smallest absolute Gasteiger partial charge is 0.00673 e. The van der Waals surface area contributed by atoms with Gasteiger partial charge in [-0.05, 0) is 51.5 Å². The fourth-order valence-electron chi connectivity index (χ4n) is 2.26. The average molecular weight is 195 g/mol. The third kappa shape index (κ3) is 4.28. The van der Waals surface area contributed by atoms with Gasteiger partial charge in [0.05, 0.1) is 0 Å². The summed E-state index contributed by atoms with van der Waals surface area (Å²) < 4.78 is 0. The minimum Gasteiger partial charge on any atom is -0.314 e. The van der Waals surface area contributed by atoms with Crippen LogP contribution < -0.4 is 5.32 Å². The van der Waals surface area contributed by atoms with E-state index in [0.717, 1.165) is 24.9 Å². The SMILES string of the molecule is C=C(C)CCNC1CCC(CC)CC1. The molecule has 0 aliphatic heterocycles. The Morgan fingerprint density at radius 3 is 2.43 bits per heavy atom. The normalized spacial score (nSPS) is 27.6. The lowest BCUT2D eigenvalue weighted by atomic mass is 9.84. The summed E-state index contributed by atoms with van der Waals surface area (Å²) in [5, 5.41) is 3.64. The average Bonchev–Trinajstić information content (AvgIpc) is 2.18. The van der Waals surface area contributed by atoms with Crippen LogP contribution in [-0.2, 0) is 0 Å². The quantitative estimate of drug-likeness (QED) is 0.662. The molecule has 0 aromatic heterocycles. The van der Waals surface area contributed by atoms with Crippen molar-refractivity contribution < 1.29 is 0 Å². The van der Waals surface area contributed by atoms with Gasteiger partial charge in [-0.1, -0.05) is 18.9 Å². The van der Waals surface area contributed by atoms with E-state index in [1.807, 2.05) is 0 Å². The Morgan fingerprint density at radius 2 is 1.93 bits per heavy atom. The Bertz CT molecular complexity index is 166. The molecular weight excluding hydrogens is 170 g/mol. The molecule has 0 aromatic carbocycles. The highest BCUT2D eigenvalue weighted by Crippen LogP contribution is 2.26. The largest absolute Gasteiger partial charge is 0.314 e. The Hall–Kier alpha value is -0.300. The minimum absolute atomic E-state index is 0.789. The van der Waals surface area contributed by atoms with Crippen LogP contribution in [0.15, 0.2) is 12.2 Å². The summed E-state index contributed by atoms with van der Waals surface area (Å²) in [6.45, 7) is 9.47. The van der Waals surface area contributed by atoms with Crippen LogP contribution in [0, 0.1) is 5.92 Å². The molecular formula is C13H25N. The van der Waals surface area contributed by atoms with Gasteiger partial charge in [0.2, 0.25) is 0 Å². The number of hydrogen-bond donors (Lipinski definition) is 1. The zero-order valence-electron chi connectivity index (χ0n) is 9.81. The summed E-state index contributed by atoms with van der Waals surface area (Å²) in [5.41, 5.74) is 1.29. The molecule has 1 saturated carbocycles. The number of nitrogens with one attached hydrogen (secondary N) is 1. The standard InChI is InChI=1S/C13H25N/c1-4-12-5-7-13(8-6-12)14-10-9-11(2)3/h12-14H,2,4-10H2,1,3H3. The van der Waals surface area contributed by atoms with Gasteiger partial charge in [0.15, 0.2) is 0 Å². The van der Waals surface area contributed by atoms with Crippen LogP contribution in [0.5, 0.6) is 0 Å². The molecule has 0 spiro atoms. The van der Waals surface area contributed by atoms with Crippen molar-refractivity contribution in [2.75, 3.05) is 6.54 Å². The highest BCUT2D eigenvalue weighted by Gasteiger charge is 2.18. The van der Waals surface area contributed by atoms with Gasteiger partial charge < -0.3 is 5.32 Å². The summed E-state index contributed by atoms with van der Waals surface area (Å²) in [7, 11) is 0. The van der Waals surface area contributed by atoms with Gasteiger partial charge in [-0.25, -0.2) is 0 Å². The molecule has 0 amide bonds. The zero-order chi connectivity index (χ0) is 10.4. The van der Waals surface area contributed by atoms with Crippen molar-refractivity contribution >= 4 is 0 Å². The van der Waals surface area contributed by atoms with Crippen molar-refractivity contribution in [3.05, 3.63) is 12.2 Å². The van der Waals surface area contributed by atoms with Crippen LogP contribution >= 0.6 is 0 Å². The molecule has 0 radical (unpaired) electrons. The van der Waals surface area contributed by atoms with Crippen LogP contribution in [-0.4, -0.2) is 12.6 Å². The summed E-state index contributed by atoms with van der Waals surface area (Å²) in [6, 6.07) is 0.789. The molecule has 0 saturated heterocycles. The van der Waals surface area contributed by atoms with Crippen molar-refractivity contribution in [1.29, 1.82) is 0 Å². The fourth-order valence-corrected chi connectivity index (χ4v) is 2.26. The van der Waals surface area contributed by atoms with E-state index >= 15 is 0 Å². The van der Waals surface area contributed by atoms with Crippen LogP contribution in [0.2, 0.25) is 0 Å². The molecule has 0 aromatic rings. The summed E-state index contributed by atoms with van der Waals surface area (Å²) in [4.78, 5) is 0. The lowest BCUT2D eigenvalue weighted by Gasteiger charge is -2.28. The third-order valence-corrected chi connectivity index (χ3v) is 3.41. The van der Waals surface area contributed by atoms with Crippen molar-refractivity contribution in [2.24, 2.45) is 5.92 Å². The zero-order valence-corrected chi connectivity index (χ0v) is 9.81. The van der Waals surface area contributed by atoms with Crippen molar-refractivity contribution in [1.82, 2.24) is 5.32 Å². The van der Waals surface area contributed by atoms with Crippen molar-refractivity contribution in [3.8, 4) is 0 Å². The molecule has 1 nitrogen and oxygen atoms in total.